The van der Waals surface area contributed by atoms with Gasteiger partial charge in [0.1, 0.15) is 0 Å². The summed E-state index contributed by atoms with van der Waals surface area (Å²) >= 11 is 0. The molecule has 0 aromatic rings. The van der Waals surface area contributed by atoms with Gasteiger partial charge in [0.2, 0.25) is 0 Å². The van der Waals surface area contributed by atoms with Crippen LogP contribution in [0.1, 0.15) is 51.4 Å². The lowest BCUT2D eigenvalue weighted by atomic mass is 9.72. The Bertz CT molecular complexity index is 270. The molecule has 3 fully saturated rings. The summed E-state index contributed by atoms with van der Waals surface area (Å²) < 4.78 is 5.54. The van der Waals surface area contributed by atoms with Gasteiger partial charge in [-0.15, -0.1) is 0 Å². The Kier molecular flexibility index (Phi) is 4.45. The van der Waals surface area contributed by atoms with Gasteiger partial charge in [-0.05, 0) is 76.9 Å². The van der Waals surface area contributed by atoms with Crippen LogP contribution in [0.3, 0.4) is 0 Å². The van der Waals surface area contributed by atoms with Crippen molar-refractivity contribution in [2.75, 3.05) is 33.4 Å². The third-order valence-corrected chi connectivity index (χ3v) is 6.03. The number of nitrogens with one attached hydrogen (secondary N) is 1. The largest absolute Gasteiger partial charge is 0.381 e. The first kappa shape index (κ1) is 13.8. The first-order chi connectivity index (χ1) is 9.31. The van der Waals surface area contributed by atoms with Crippen LogP contribution >= 0.6 is 0 Å². The van der Waals surface area contributed by atoms with Gasteiger partial charge in [0, 0.05) is 25.3 Å². The lowest BCUT2D eigenvalue weighted by Crippen LogP contribution is -2.48. The Morgan fingerprint density at radius 2 is 1.58 bits per heavy atom. The molecule has 2 saturated heterocycles. The first-order valence-corrected chi connectivity index (χ1v) is 8.30. The van der Waals surface area contributed by atoms with E-state index < -0.39 is 0 Å². The molecule has 1 N–H and O–H groups in total. The van der Waals surface area contributed by atoms with Gasteiger partial charge in [0.25, 0.3) is 0 Å². The molecule has 3 rings (SSSR count). The third-order valence-electron chi connectivity index (χ3n) is 6.03. The highest BCUT2D eigenvalue weighted by Crippen LogP contribution is 2.41. The highest BCUT2D eigenvalue weighted by atomic mass is 16.5. The van der Waals surface area contributed by atoms with Gasteiger partial charge in [-0.3, -0.25) is 0 Å². The summed E-state index contributed by atoms with van der Waals surface area (Å²) in [5.41, 5.74) is 0.650. The maximum Gasteiger partial charge on any atom is 0.0471 e. The van der Waals surface area contributed by atoms with E-state index in [2.05, 4.69) is 17.3 Å². The normalized spacial score (nSPS) is 36.5. The molecule has 3 aliphatic rings. The van der Waals surface area contributed by atoms with Crippen LogP contribution in [0.5, 0.6) is 0 Å². The van der Waals surface area contributed by atoms with Gasteiger partial charge >= 0.3 is 0 Å². The summed E-state index contributed by atoms with van der Waals surface area (Å²) in [6.07, 6.45) is 11.0. The lowest BCUT2D eigenvalue weighted by Gasteiger charge is -2.47. The highest BCUT2D eigenvalue weighted by Gasteiger charge is 2.38. The Hall–Kier alpha value is -0.120. The van der Waals surface area contributed by atoms with Crippen molar-refractivity contribution in [3.05, 3.63) is 0 Å². The van der Waals surface area contributed by atoms with Crippen LogP contribution in [0.25, 0.3) is 0 Å². The van der Waals surface area contributed by atoms with Crippen molar-refractivity contribution in [1.29, 1.82) is 0 Å². The number of hydrogen-bond donors (Lipinski definition) is 1. The minimum atomic E-state index is 0.650. The van der Waals surface area contributed by atoms with E-state index in [-0.39, 0.29) is 0 Å². The fraction of sp³-hybridized carbons (Fsp3) is 1.00. The van der Waals surface area contributed by atoms with Crippen LogP contribution in [-0.4, -0.2) is 50.3 Å². The molecule has 2 heterocycles. The minimum absolute atomic E-state index is 0.650. The van der Waals surface area contributed by atoms with Crippen molar-refractivity contribution >= 4 is 0 Å². The molecule has 0 unspecified atom stereocenters. The number of rotatable bonds is 2. The average Bonchev–Trinajstić information content (AvgIpc) is 2.49. The topological polar surface area (TPSA) is 24.5 Å². The quantitative estimate of drug-likeness (QED) is 0.830. The molecular formula is C16H30N2O. The van der Waals surface area contributed by atoms with Gasteiger partial charge in [0.05, 0.1) is 0 Å². The predicted octanol–water partition coefficient (Wildman–Crippen LogP) is 2.41. The van der Waals surface area contributed by atoms with Crippen molar-refractivity contribution in [3.63, 3.8) is 0 Å². The number of nitrogens with zero attached hydrogens (tertiary/aromatic N) is 1. The zero-order chi connectivity index (χ0) is 13.1. The molecule has 0 atom stereocenters. The van der Waals surface area contributed by atoms with Gasteiger partial charge < -0.3 is 15.0 Å². The summed E-state index contributed by atoms with van der Waals surface area (Å²) in [6.45, 7) is 4.70. The summed E-state index contributed by atoms with van der Waals surface area (Å²) in [6, 6.07) is 1.66. The Morgan fingerprint density at radius 3 is 2.16 bits per heavy atom. The smallest absolute Gasteiger partial charge is 0.0471 e. The summed E-state index contributed by atoms with van der Waals surface area (Å²) in [4.78, 5) is 2.80. The molecule has 3 heteroatoms. The number of piperidine rings is 1. The molecule has 2 aliphatic heterocycles. The van der Waals surface area contributed by atoms with Crippen LogP contribution in [0.4, 0.5) is 0 Å². The van der Waals surface area contributed by atoms with E-state index in [1.54, 1.807) is 0 Å². The molecule has 0 bridgehead atoms. The molecule has 1 spiro atoms. The van der Waals surface area contributed by atoms with E-state index in [9.17, 15) is 0 Å². The Morgan fingerprint density at radius 1 is 0.947 bits per heavy atom. The molecule has 3 nitrogen and oxygen atoms in total. The minimum Gasteiger partial charge on any atom is -0.381 e. The van der Waals surface area contributed by atoms with Crippen LogP contribution in [0, 0.1) is 5.41 Å². The molecule has 19 heavy (non-hydrogen) atoms. The second-order valence-corrected chi connectivity index (χ2v) is 6.94. The molecular weight excluding hydrogens is 236 g/mol. The summed E-state index contributed by atoms with van der Waals surface area (Å²) in [5, 5.41) is 3.44. The van der Waals surface area contributed by atoms with E-state index >= 15 is 0 Å². The SMILES string of the molecule is CNC1CCC(N2CCC3(CCOCC3)CC2)CC1. The molecule has 1 aliphatic carbocycles. The van der Waals surface area contributed by atoms with Crippen molar-refractivity contribution < 1.29 is 4.74 Å². The van der Waals surface area contributed by atoms with E-state index in [1.165, 1.54) is 64.5 Å². The highest BCUT2D eigenvalue weighted by molar-refractivity contribution is 4.91. The second-order valence-electron chi connectivity index (χ2n) is 6.94. The van der Waals surface area contributed by atoms with Crippen molar-refractivity contribution in [2.24, 2.45) is 5.41 Å². The Labute approximate surface area is 118 Å². The zero-order valence-electron chi connectivity index (χ0n) is 12.5. The van der Waals surface area contributed by atoms with E-state index in [1.807, 2.05) is 0 Å². The third kappa shape index (κ3) is 3.14. The maximum absolute atomic E-state index is 5.54. The van der Waals surface area contributed by atoms with E-state index in [0.717, 1.165) is 25.3 Å². The van der Waals surface area contributed by atoms with Crippen LogP contribution in [0.2, 0.25) is 0 Å². The molecule has 0 radical (unpaired) electrons. The van der Waals surface area contributed by atoms with Gasteiger partial charge in [-0.25, -0.2) is 0 Å². The average molecular weight is 266 g/mol. The van der Waals surface area contributed by atoms with Gasteiger partial charge in [-0.1, -0.05) is 0 Å². The number of likely N-dealkylation sites (tertiary alicyclic amines) is 1. The molecule has 110 valence electrons. The standard InChI is InChI=1S/C16H30N2O/c1-17-14-2-4-15(5-3-14)18-10-6-16(7-11-18)8-12-19-13-9-16/h14-15,17H,2-13H2,1H3. The van der Waals surface area contributed by atoms with E-state index in [4.69, 9.17) is 4.74 Å². The second kappa shape index (κ2) is 6.11. The molecule has 1 saturated carbocycles. The van der Waals surface area contributed by atoms with Gasteiger partial charge in [0.15, 0.2) is 0 Å². The van der Waals surface area contributed by atoms with Crippen LogP contribution in [0.15, 0.2) is 0 Å². The summed E-state index contributed by atoms with van der Waals surface area (Å²) in [5.74, 6) is 0. The lowest BCUT2D eigenvalue weighted by molar-refractivity contribution is -0.0309. The number of ether oxygens (including phenoxy) is 1. The molecule has 0 amide bonds. The monoisotopic (exact) mass is 266 g/mol. The van der Waals surface area contributed by atoms with Crippen LogP contribution < -0.4 is 5.32 Å². The zero-order valence-corrected chi connectivity index (χ0v) is 12.5. The number of hydrogen-bond acceptors (Lipinski definition) is 3. The fourth-order valence-electron chi connectivity index (χ4n) is 4.40. The predicted molar refractivity (Wildman–Crippen MR) is 78.4 cm³/mol. The molecule has 0 aromatic carbocycles. The van der Waals surface area contributed by atoms with Crippen molar-refractivity contribution in [2.45, 2.75) is 63.5 Å². The first-order valence-electron chi connectivity index (χ1n) is 8.30. The van der Waals surface area contributed by atoms with Crippen molar-refractivity contribution in [3.8, 4) is 0 Å². The van der Waals surface area contributed by atoms with Crippen molar-refractivity contribution in [1.82, 2.24) is 10.2 Å². The fourth-order valence-corrected chi connectivity index (χ4v) is 4.40. The maximum atomic E-state index is 5.54. The van der Waals surface area contributed by atoms with E-state index in [0.29, 0.717) is 5.41 Å². The summed E-state index contributed by atoms with van der Waals surface area (Å²) in [7, 11) is 2.11. The molecule has 0 aromatic heterocycles. The Balaban J connectivity index is 1.47. The van der Waals surface area contributed by atoms with Gasteiger partial charge in [-0.2, -0.15) is 0 Å². The van der Waals surface area contributed by atoms with Crippen LogP contribution in [-0.2, 0) is 4.74 Å².